The minimum Gasteiger partial charge on any atom is -0.497 e. The second kappa shape index (κ2) is 7.72. The van der Waals surface area contributed by atoms with Gasteiger partial charge in [-0.2, -0.15) is 0 Å². The van der Waals surface area contributed by atoms with Gasteiger partial charge in [0.05, 0.1) is 12.9 Å². The Labute approximate surface area is 120 Å². The molecule has 4 nitrogen and oxygen atoms in total. The van der Waals surface area contributed by atoms with E-state index in [-0.39, 0.29) is 11.8 Å². The Morgan fingerprint density at radius 3 is 2.42 bits per heavy atom. The lowest BCUT2D eigenvalue weighted by atomic mass is 10.1. The molecule has 0 unspecified atom stereocenters. The summed E-state index contributed by atoms with van der Waals surface area (Å²) in [5, 5.41) is 0. The van der Waals surface area contributed by atoms with E-state index >= 15 is 0 Å². The largest absolute Gasteiger partial charge is 0.497 e. The number of benzene rings is 1. The maximum atomic E-state index is 11.8. The Bertz CT molecular complexity index is 473. The minimum absolute atomic E-state index is 0.111. The van der Waals surface area contributed by atoms with Gasteiger partial charge in [0.15, 0.2) is 0 Å². The number of unbranched alkanes of at least 4 members (excludes halogenated alkanes) is 1. The van der Waals surface area contributed by atoms with Gasteiger partial charge >= 0.3 is 0 Å². The topological polar surface area (TPSA) is 55.4 Å². The lowest BCUT2D eigenvalue weighted by Gasteiger charge is -2.15. The highest BCUT2D eigenvalue weighted by atomic mass is 35.5. The molecule has 1 aromatic rings. The van der Waals surface area contributed by atoms with Gasteiger partial charge in [-0.25, -0.2) is 13.1 Å². The van der Waals surface area contributed by atoms with Gasteiger partial charge in [-0.05, 0) is 37.5 Å². The molecule has 0 amide bonds. The van der Waals surface area contributed by atoms with Gasteiger partial charge in [-0.3, -0.25) is 0 Å². The molecule has 108 valence electrons. The second-order valence-electron chi connectivity index (χ2n) is 4.33. The van der Waals surface area contributed by atoms with Gasteiger partial charge in [0.1, 0.15) is 5.75 Å². The van der Waals surface area contributed by atoms with Crippen LogP contribution < -0.4 is 9.46 Å². The van der Waals surface area contributed by atoms with E-state index in [0.717, 1.165) is 11.3 Å². The smallest absolute Gasteiger partial charge is 0.212 e. The zero-order chi connectivity index (χ0) is 14.3. The second-order valence-corrected chi connectivity index (χ2v) is 6.58. The molecule has 6 heteroatoms. The van der Waals surface area contributed by atoms with Crippen LogP contribution in [-0.4, -0.2) is 27.2 Å². The van der Waals surface area contributed by atoms with Gasteiger partial charge in [-0.1, -0.05) is 12.1 Å². The van der Waals surface area contributed by atoms with Crippen LogP contribution in [0, 0.1) is 0 Å². The van der Waals surface area contributed by atoms with Crippen LogP contribution in [0.2, 0.25) is 0 Å². The molecular formula is C13H20ClNO3S. The van der Waals surface area contributed by atoms with E-state index in [0.29, 0.717) is 18.7 Å². The fraction of sp³-hybridized carbons (Fsp3) is 0.538. The standard InChI is InChI=1S/C13H20ClNO3S/c1-11(12-5-7-13(18-2)8-6-12)15-19(16,17)10-4-3-9-14/h5-8,11,15H,3-4,9-10H2,1-2H3/t11-/m0/s1. The van der Waals surface area contributed by atoms with Crippen molar-refractivity contribution in [1.29, 1.82) is 0 Å². The molecule has 19 heavy (non-hydrogen) atoms. The highest BCUT2D eigenvalue weighted by Gasteiger charge is 2.15. The van der Waals surface area contributed by atoms with Crippen molar-refractivity contribution >= 4 is 21.6 Å². The summed E-state index contributed by atoms with van der Waals surface area (Å²) in [6, 6.07) is 7.07. The Kier molecular flexibility index (Phi) is 6.62. The Balaban J connectivity index is 2.59. The molecule has 1 N–H and O–H groups in total. The number of hydrogen-bond acceptors (Lipinski definition) is 3. The molecule has 1 aromatic carbocycles. The van der Waals surface area contributed by atoms with Gasteiger partial charge in [0.2, 0.25) is 10.0 Å². The van der Waals surface area contributed by atoms with E-state index in [1.165, 1.54) is 0 Å². The van der Waals surface area contributed by atoms with E-state index in [2.05, 4.69) is 4.72 Å². The molecule has 1 rings (SSSR count). The van der Waals surface area contributed by atoms with E-state index < -0.39 is 10.0 Å². The normalized spacial score (nSPS) is 13.2. The summed E-state index contributed by atoms with van der Waals surface area (Å²) in [5.74, 6) is 1.35. The van der Waals surface area contributed by atoms with Crippen LogP contribution >= 0.6 is 11.6 Å². The number of methoxy groups -OCH3 is 1. The van der Waals surface area contributed by atoms with Gasteiger partial charge < -0.3 is 4.74 Å². The third kappa shape index (κ3) is 5.80. The fourth-order valence-corrected chi connectivity index (χ4v) is 3.24. The van der Waals surface area contributed by atoms with Crippen LogP contribution in [0.3, 0.4) is 0 Å². The summed E-state index contributed by atoms with van der Waals surface area (Å²) >= 11 is 5.53. The van der Waals surface area contributed by atoms with Crippen LogP contribution in [0.4, 0.5) is 0 Å². The van der Waals surface area contributed by atoms with Crippen molar-refractivity contribution in [3.8, 4) is 5.75 Å². The predicted molar refractivity (Wildman–Crippen MR) is 78.3 cm³/mol. The molecule has 0 aliphatic heterocycles. The monoisotopic (exact) mass is 305 g/mol. The number of hydrogen-bond donors (Lipinski definition) is 1. The molecule has 0 saturated carbocycles. The van der Waals surface area contributed by atoms with Crippen molar-refractivity contribution in [2.24, 2.45) is 0 Å². The van der Waals surface area contributed by atoms with Crippen molar-refractivity contribution in [2.75, 3.05) is 18.7 Å². The first-order chi connectivity index (χ1) is 8.98. The third-order valence-electron chi connectivity index (χ3n) is 2.77. The van der Waals surface area contributed by atoms with Crippen molar-refractivity contribution in [2.45, 2.75) is 25.8 Å². The number of halogens is 1. The zero-order valence-corrected chi connectivity index (χ0v) is 12.8. The first-order valence-corrected chi connectivity index (χ1v) is 8.37. The summed E-state index contributed by atoms with van der Waals surface area (Å²) in [6.07, 6.45) is 1.29. The average molecular weight is 306 g/mol. The summed E-state index contributed by atoms with van der Waals surface area (Å²) < 4.78 is 31.4. The Hall–Kier alpha value is -0.780. The van der Waals surface area contributed by atoms with E-state index in [1.54, 1.807) is 7.11 Å². The van der Waals surface area contributed by atoms with Crippen molar-refractivity contribution < 1.29 is 13.2 Å². The summed E-state index contributed by atoms with van der Waals surface area (Å²) in [5.41, 5.74) is 0.904. The maximum absolute atomic E-state index is 11.8. The molecule has 0 bridgehead atoms. The van der Waals surface area contributed by atoms with E-state index in [9.17, 15) is 8.42 Å². The van der Waals surface area contributed by atoms with Crippen molar-refractivity contribution in [3.63, 3.8) is 0 Å². The number of nitrogens with one attached hydrogen (secondary N) is 1. The first-order valence-electron chi connectivity index (χ1n) is 6.18. The van der Waals surface area contributed by atoms with Crippen LogP contribution in [-0.2, 0) is 10.0 Å². The molecule has 0 saturated heterocycles. The molecule has 0 fully saturated rings. The lowest BCUT2D eigenvalue weighted by Crippen LogP contribution is -2.29. The number of rotatable bonds is 8. The number of alkyl halides is 1. The van der Waals surface area contributed by atoms with Crippen molar-refractivity contribution in [3.05, 3.63) is 29.8 Å². The average Bonchev–Trinajstić information content (AvgIpc) is 2.38. The van der Waals surface area contributed by atoms with Gasteiger partial charge in [0, 0.05) is 11.9 Å². The van der Waals surface area contributed by atoms with Crippen molar-refractivity contribution in [1.82, 2.24) is 4.72 Å². The van der Waals surface area contributed by atoms with Crippen LogP contribution in [0.15, 0.2) is 24.3 Å². The molecular weight excluding hydrogens is 286 g/mol. The Morgan fingerprint density at radius 2 is 1.89 bits per heavy atom. The predicted octanol–water partition coefficient (Wildman–Crippen LogP) is 2.69. The molecule has 0 aromatic heterocycles. The highest BCUT2D eigenvalue weighted by molar-refractivity contribution is 7.89. The number of ether oxygens (including phenoxy) is 1. The summed E-state index contributed by atoms with van der Waals surface area (Å²) in [6.45, 7) is 1.82. The van der Waals surface area contributed by atoms with Crippen LogP contribution in [0.25, 0.3) is 0 Å². The summed E-state index contributed by atoms with van der Waals surface area (Å²) in [4.78, 5) is 0. The molecule has 0 aliphatic carbocycles. The Morgan fingerprint density at radius 1 is 1.26 bits per heavy atom. The molecule has 1 atom stereocenters. The minimum atomic E-state index is -3.26. The van der Waals surface area contributed by atoms with Crippen LogP contribution in [0.5, 0.6) is 5.75 Å². The zero-order valence-electron chi connectivity index (χ0n) is 11.2. The quantitative estimate of drug-likeness (QED) is 0.593. The molecule has 0 spiro atoms. The molecule has 0 radical (unpaired) electrons. The first kappa shape index (κ1) is 16.3. The van der Waals surface area contributed by atoms with Crippen LogP contribution in [0.1, 0.15) is 31.4 Å². The number of sulfonamides is 1. The summed E-state index contributed by atoms with van der Waals surface area (Å²) in [7, 11) is -1.66. The highest BCUT2D eigenvalue weighted by Crippen LogP contribution is 2.18. The molecule has 0 aliphatic rings. The maximum Gasteiger partial charge on any atom is 0.212 e. The molecule has 0 heterocycles. The van der Waals surface area contributed by atoms with Gasteiger partial charge in [-0.15, -0.1) is 11.6 Å². The SMILES string of the molecule is COc1ccc([C@H](C)NS(=O)(=O)CCCCCl)cc1. The van der Waals surface area contributed by atoms with Gasteiger partial charge in [0.25, 0.3) is 0 Å². The van der Waals surface area contributed by atoms with E-state index in [4.69, 9.17) is 16.3 Å². The van der Waals surface area contributed by atoms with E-state index in [1.807, 2.05) is 31.2 Å². The third-order valence-corrected chi connectivity index (χ3v) is 4.57. The fourth-order valence-electron chi connectivity index (χ4n) is 1.68. The lowest BCUT2D eigenvalue weighted by molar-refractivity contribution is 0.414.